The third-order valence-electron chi connectivity index (χ3n) is 5.76. The molecule has 0 aliphatic carbocycles. The molecule has 0 aromatic heterocycles. The van der Waals surface area contributed by atoms with E-state index in [1.807, 2.05) is 36.4 Å². The van der Waals surface area contributed by atoms with Crippen molar-refractivity contribution in [2.75, 3.05) is 22.5 Å². The standard InChI is InChI=1S/C26H26BrN3O/c1-4-21(18-8-6-5-7-9-18)23-12-19(27)13-24-25(23)28-15-17(3)22-14-20(11-10-16(22)2)29-26(31)30-24/h4-14,17,21,28H,1,15H2,2-3H3,(H2,29,30,31). The third kappa shape index (κ3) is 4.52. The molecular formula is C26H26BrN3O. The Labute approximate surface area is 191 Å². The first-order valence-corrected chi connectivity index (χ1v) is 11.2. The molecule has 0 spiro atoms. The highest BCUT2D eigenvalue weighted by Crippen LogP contribution is 2.39. The number of rotatable bonds is 3. The average molecular weight is 476 g/mol. The molecule has 2 atom stereocenters. The second-order valence-electron chi connectivity index (χ2n) is 7.97. The summed E-state index contributed by atoms with van der Waals surface area (Å²) in [4.78, 5) is 12.8. The second kappa shape index (κ2) is 8.98. The van der Waals surface area contributed by atoms with Gasteiger partial charge >= 0.3 is 6.03 Å². The number of anilines is 3. The van der Waals surface area contributed by atoms with Gasteiger partial charge in [-0.25, -0.2) is 4.79 Å². The molecule has 1 aliphatic heterocycles. The first-order chi connectivity index (χ1) is 15.0. The number of carbonyl (C=O) groups is 1. The number of allylic oxidation sites excluding steroid dienone is 1. The Hall–Kier alpha value is -3.05. The van der Waals surface area contributed by atoms with Crippen LogP contribution in [0.4, 0.5) is 21.9 Å². The number of hydrogen-bond acceptors (Lipinski definition) is 2. The molecule has 1 aliphatic rings. The van der Waals surface area contributed by atoms with Crippen molar-refractivity contribution in [3.63, 3.8) is 0 Å². The van der Waals surface area contributed by atoms with Crippen LogP contribution < -0.4 is 16.0 Å². The monoisotopic (exact) mass is 475 g/mol. The zero-order valence-electron chi connectivity index (χ0n) is 17.7. The summed E-state index contributed by atoms with van der Waals surface area (Å²) in [6.45, 7) is 9.14. The van der Waals surface area contributed by atoms with E-state index in [1.54, 1.807) is 0 Å². The van der Waals surface area contributed by atoms with Crippen molar-refractivity contribution in [3.8, 4) is 0 Å². The lowest BCUT2D eigenvalue weighted by Crippen LogP contribution is -2.21. The lowest BCUT2D eigenvalue weighted by Gasteiger charge is -2.24. The number of amides is 2. The molecule has 2 amide bonds. The summed E-state index contributed by atoms with van der Waals surface area (Å²) in [5.74, 6) is 0.242. The molecule has 0 fully saturated rings. The second-order valence-corrected chi connectivity index (χ2v) is 8.89. The normalized spacial score (nSPS) is 16.6. The number of halogens is 1. The van der Waals surface area contributed by atoms with Gasteiger partial charge in [0.2, 0.25) is 0 Å². The van der Waals surface area contributed by atoms with E-state index in [9.17, 15) is 4.79 Å². The summed E-state index contributed by atoms with van der Waals surface area (Å²) in [7, 11) is 0. The fraction of sp³-hybridized carbons (Fsp3) is 0.192. The number of fused-ring (bicyclic) bond motifs is 3. The Morgan fingerprint density at radius 3 is 2.61 bits per heavy atom. The minimum absolute atomic E-state index is 0.0203. The fourth-order valence-corrected chi connectivity index (χ4v) is 4.65. The van der Waals surface area contributed by atoms with Gasteiger partial charge < -0.3 is 16.0 Å². The molecule has 158 valence electrons. The molecule has 31 heavy (non-hydrogen) atoms. The summed E-state index contributed by atoms with van der Waals surface area (Å²) in [6, 6.07) is 20.1. The van der Waals surface area contributed by atoms with Crippen LogP contribution in [0.1, 0.15) is 41.0 Å². The van der Waals surface area contributed by atoms with Gasteiger partial charge in [-0.1, -0.05) is 65.3 Å². The van der Waals surface area contributed by atoms with Crippen molar-refractivity contribution in [1.82, 2.24) is 0 Å². The zero-order valence-corrected chi connectivity index (χ0v) is 19.3. The predicted octanol–water partition coefficient (Wildman–Crippen LogP) is 7.25. The van der Waals surface area contributed by atoms with Crippen LogP contribution in [0.3, 0.4) is 0 Å². The Morgan fingerprint density at radius 1 is 1.10 bits per heavy atom. The van der Waals surface area contributed by atoms with E-state index in [0.717, 1.165) is 39.2 Å². The fourth-order valence-electron chi connectivity index (χ4n) is 4.17. The SMILES string of the molecule is C=CC(c1ccccc1)c1cc(Br)cc2c1NCC(C)c1cc(ccc1C)NC(=O)N2. The van der Waals surface area contributed by atoms with Crippen LogP contribution in [0.25, 0.3) is 0 Å². The first-order valence-electron chi connectivity index (χ1n) is 10.4. The van der Waals surface area contributed by atoms with Crippen molar-refractivity contribution < 1.29 is 4.79 Å². The van der Waals surface area contributed by atoms with Gasteiger partial charge in [-0.15, -0.1) is 6.58 Å². The molecular weight excluding hydrogens is 450 g/mol. The van der Waals surface area contributed by atoms with Crippen molar-refractivity contribution in [2.45, 2.75) is 25.7 Å². The topological polar surface area (TPSA) is 53.2 Å². The molecule has 2 bridgehead atoms. The van der Waals surface area contributed by atoms with E-state index in [0.29, 0.717) is 0 Å². The van der Waals surface area contributed by atoms with E-state index in [1.165, 1.54) is 11.1 Å². The van der Waals surface area contributed by atoms with Gasteiger partial charge in [0.05, 0.1) is 11.4 Å². The molecule has 5 heteroatoms. The van der Waals surface area contributed by atoms with Gasteiger partial charge in [0, 0.05) is 22.6 Å². The third-order valence-corrected chi connectivity index (χ3v) is 6.22. The predicted molar refractivity (Wildman–Crippen MR) is 133 cm³/mol. The molecule has 1 heterocycles. The molecule has 3 aromatic rings. The van der Waals surface area contributed by atoms with Crippen LogP contribution in [0.15, 0.2) is 77.8 Å². The van der Waals surface area contributed by atoms with Gasteiger partial charge in [0.25, 0.3) is 0 Å². The molecule has 0 radical (unpaired) electrons. The molecule has 4 nitrogen and oxygen atoms in total. The van der Waals surface area contributed by atoms with Gasteiger partial charge in [0.1, 0.15) is 0 Å². The number of urea groups is 1. The average Bonchev–Trinajstić information content (AvgIpc) is 2.76. The van der Waals surface area contributed by atoms with Crippen LogP contribution >= 0.6 is 15.9 Å². The van der Waals surface area contributed by atoms with Crippen LogP contribution in [0, 0.1) is 6.92 Å². The number of nitrogens with one attached hydrogen (secondary N) is 3. The Kier molecular flexibility index (Phi) is 6.14. The maximum atomic E-state index is 12.8. The maximum Gasteiger partial charge on any atom is 0.323 e. The molecule has 3 aromatic carbocycles. The molecule has 4 rings (SSSR count). The van der Waals surface area contributed by atoms with Crippen molar-refractivity contribution in [2.24, 2.45) is 0 Å². The largest absolute Gasteiger partial charge is 0.383 e. The van der Waals surface area contributed by atoms with Gasteiger partial charge in [0.15, 0.2) is 0 Å². The van der Waals surface area contributed by atoms with Gasteiger partial charge in [-0.05, 0) is 59.4 Å². The molecule has 3 N–H and O–H groups in total. The Balaban J connectivity index is 1.83. The highest BCUT2D eigenvalue weighted by atomic mass is 79.9. The minimum Gasteiger partial charge on any atom is -0.383 e. The minimum atomic E-state index is -0.272. The Bertz CT molecular complexity index is 1130. The van der Waals surface area contributed by atoms with E-state index >= 15 is 0 Å². The van der Waals surface area contributed by atoms with Crippen LogP contribution in [0.5, 0.6) is 0 Å². The van der Waals surface area contributed by atoms with E-state index in [-0.39, 0.29) is 17.9 Å². The molecule has 2 unspecified atom stereocenters. The summed E-state index contributed by atoms with van der Waals surface area (Å²) in [6.07, 6.45) is 1.95. The van der Waals surface area contributed by atoms with Gasteiger partial charge in [-0.2, -0.15) is 0 Å². The molecule has 0 saturated heterocycles. The summed E-state index contributed by atoms with van der Waals surface area (Å²) in [5.41, 5.74) is 7.06. The number of hydrogen-bond donors (Lipinski definition) is 3. The number of aryl methyl sites for hydroxylation is 1. The van der Waals surface area contributed by atoms with E-state index in [4.69, 9.17) is 0 Å². The van der Waals surface area contributed by atoms with Crippen LogP contribution in [0.2, 0.25) is 0 Å². The number of carbonyl (C=O) groups excluding carboxylic acids is 1. The van der Waals surface area contributed by atoms with E-state index < -0.39 is 0 Å². The van der Waals surface area contributed by atoms with Gasteiger partial charge in [-0.3, -0.25) is 0 Å². The summed E-state index contributed by atoms with van der Waals surface area (Å²) in [5, 5.41) is 9.64. The summed E-state index contributed by atoms with van der Waals surface area (Å²) < 4.78 is 0.894. The van der Waals surface area contributed by atoms with Crippen LogP contribution in [-0.2, 0) is 0 Å². The van der Waals surface area contributed by atoms with Crippen molar-refractivity contribution >= 4 is 39.0 Å². The van der Waals surface area contributed by atoms with Crippen molar-refractivity contribution in [3.05, 3.63) is 100 Å². The van der Waals surface area contributed by atoms with E-state index in [2.05, 4.69) is 82.6 Å². The smallest absolute Gasteiger partial charge is 0.323 e. The summed E-state index contributed by atoms with van der Waals surface area (Å²) >= 11 is 3.63. The highest BCUT2D eigenvalue weighted by molar-refractivity contribution is 9.10. The van der Waals surface area contributed by atoms with Crippen molar-refractivity contribution in [1.29, 1.82) is 0 Å². The lowest BCUT2D eigenvalue weighted by molar-refractivity contribution is 0.262. The highest BCUT2D eigenvalue weighted by Gasteiger charge is 2.21. The maximum absolute atomic E-state index is 12.8. The van der Waals surface area contributed by atoms with Crippen LogP contribution in [-0.4, -0.2) is 12.6 Å². The lowest BCUT2D eigenvalue weighted by atomic mass is 9.89. The Morgan fingerprint density at radius 2 is 1.87 bits per heavy atom. The molecule has 0 saturated carbocycles. The zero-order chi connectivity index (χ0) is 22.0. The number of benzene rings is 3. The quantitative estimate of drug-likeness (QED) is 0.349. The first kappa shape index (κ1) is 21.2.